The highest BCUT2D eigenvalue weighted by atomic mass is 79.9. The number of rotatable bonds is 6. The molecule has 0 aliphatic rings. The molecule has 0 saturated carbocycles. The van der Waals surface area contributed by atoms with Gasteiger partial charge in [0.15, 0.2) is 11.6 Å². The summed E-state index contributed by atoms with van der Waals surface area (Å²) in [5.74, 6) is -0.0368. The lowest BCUT2D eigenvalue weighted by molar-refractivity contribution is 0.385. The van der Waals surface area contributed by atoms with Gasteiger partial charge in [-0.15, -0.1) is 11.3 Å². The Bertz CT molecular complexity index is 573. The number of hydrogen-bond acceptors (Lipinski definition) is 3. The van der Waals surface area contributed by atoms with E-state index in [1.54, 1.807) is 23.5 Å². The van der Waals surface area contributed by atoms with Crippen LogP contribution in [0.4, 0.5) is 4.39 Å². The highest BCUT2D eigenvalue weighted by Crippen LogP contribution is 2.24. The molecular weight excluding hydrogens is 341 g/mol. The highest BCUT2D eigenvalue weighted by Gasteiger charge is 2.09. The van der Waals surface area contributed by atoms with Crippen LogP contribution in [0.1, 0.15) is 23.4 Å². The molecule has 0 amide bonds. The normalized spacial score (nSPS) is 12.4. The van der Waals surface area contributed by atoms with Gasteiger partial charge in [0.1, 0.15) is 0 Å². The Kier molecular flexibility index (Phi) is 5.57. The fourth-order valence-electron chi connectivity index (χ4n) is 1.96. The summed E-state index contributed by atoms with van der Waals surface area (Å²) >= 11 is 5.21. The predicted octanol–water partition coefficient (Wildman–Crippen LogP) is 4.55. The lowest BCUT2D eigenvalue weighted by Crippen LogP contribution is -2.21. The first-order valence-electron chi connectivity index (χ1n) is 6.41. The third kappa shape index (κ3) is 4.04. The zero-order chi connectivity index (χ0) is 14.5. The summed E-state index contributed by atoms with van der Waals surface area (Å²) in [6.07, 6.45) is 0.985. The van der Waals surface area contributed by atoms with Crippen molar-refractivity contribution in [3.63, 3.8) is 0 Å². The SMILES string of the molecule is COc1cc(C(C)NCCc2ccc(Br)s2)ccc1F. The van der Waals surface area contributed by atoms with E-state index in [-0.39, 0.29) is 11.9 Å². The second-order valence-corrected chi connectivity index (χ2v) is 7.07. The maximum atomic E-state index is 13.4. The molecule has 1 N–H and O–H groups in total. The van der Waals surface area contributed by atoms with Gasteiger partial charge in [0.05, 0.1) is 10.9 Å². The van der Waals surface area contributed by atoms with E-state index in [0.717, 1.165) is 22.3 Å². The topological polar surface area (TPSA) is 21.3 Å². The van der Waals surface area contributed by atoms with Crippen molar-refractivity contribution in [2.45, 2.75) is 19.4 Å². The Hall–Kier alpha value is -0.910. The number of hydrogen-bond donors (Lipinski definition) is 1. The molecule has 2 rings (SSSR count). The monoisotopic (exact) mass is 357 g/mol. The van der Waals surface area contributed by atoms with Crippen LogP contribution >= 0.6 is 27.3 Å². The molecule has 0 aliphatic heterocycles. The van der Waals surface area contributed by atoms with Gasteiger partial charge in [0.25, 0.3) is 0 Å². The van der Waals surface area contributed by atoms with Crippen LogP contribution in [-0.4, -0.2) is 13.7 Å². The van der Waals surface area contributed by atoms with Crippen LogP contribution in [0, 0.1) is 5.82 Å². The van der Waals surface area contributed by atoms with Crippen LogP contribution in [-0.2, 0) is 6.42 Å². The van der Waals surface area contributed by atoms with Gasteiger partial charge in [0.2, 0.25) is 0 Å². The fraction of sp³-hybridized carbons (Fsp3) is 0.333. The minimum atomic E-state index is -0.327. The summed E-state index contributed by atoms with van der Waals surface area (Å²) in [6, 6.07) is 9.33. The third-order valence-electron chi connectivity index (χ3n) is 3.13. The summed E-state index contributed by atoms with van der Waals surface area (Å²) in [4.78, 5) is 1.34. The van der Waals surface area contributed by atoms with E-state index in [1.165, 1.54) is 18.1 Å². The van der Waals surface area contributed by atoms with Crippen molar-refractivity contribution < 1.29 is 9.13 Å². The predicted molar refractivity (Wildman–Crippen MR) is 85.1 cm³/mol. The average molecular weight is 358 g/mol. The molecule has 108 valence electrons. The van der Waals surface area contributed by atoms with Crippen LogP contribution in [0.25, 0.3) is 0 Å². The van der Waals surface area contributed by atoms with Gasteiger partial charge in [-0.1, -0.05) is 6.07 Å². The lowest BCUT2D eigenvalue weighted by Gasteiger charge is -2.15. The van der Waals surface area contributed by atoms with E-state index in [4.69, 9.17) is 4.74 Å². The molecule has 2 aromatic rings. The van der Waals surface area contributed by atoms with E-state index >= 15 is 0 Å². The molecule has 1 unspecified atom stereocenters. The molecule has 20 heavy (non-hydrogen) atoms. The second kappa shape index (κ2) is 7.20. The van der Waals surface area contributed by atoms with E-state index in [9.17, 15) is 4.39 Å². The smallest absolute Gasteiger partial charge is 0.165 e. The van der Waals surface area contributed by atoms with Gasteiger partial charge in [-0.25, -0.2) is 4.39 Å². The maximum Gasteiger partial charge on any atom is 0.165 e. The molecule has 0 radical (unpaired) electrons. The van der Waals surface area contributed by atoms with Crippen molar-refractivity contribution in [3.05, 3.63) is 50.4 Å². The number of benzene rings is 1. The molecule has 1 atom stereocenters. The van der Waals surface area contributed by atoms with Crippen LogP contribution in [0.2, 0.25) is 0 Å². The minimum Gasteiger partial charge on any atom is -0.494 e. The quantitative estimate of drug-likeness (QED) is 0.818. The van der Waals surface area contributed by atoms with Gasteiger partial charge in [0, 0.05) is 17.5 Å². The van der Waals surface area contributed by atoms with Crippen LogP contribution < -0.4 is 10.1 Å². The number of nitrogens with one attached hydrogen (secondary N) is 1. The van der Waals surface area contributed by atoms with Crippen molar-refractivity contribution in [1.29, 1.82) is 0 Å². The standard InChI is InChI=1S/C15H17BrFNOS/c1-10(11-3-5-13(17)14(9-11)19-2)18-8-7-12-4-6-15(16)20-12/h3-6,9-10,18H,7-8H2,1-2H3. The Morgan fingerprint density at radius 2 is 2.15 bits per heavy atom. The summed E-state index contributed by atoms with van der Waals surface area (Å²) < 4.78 is 19.5. The first kappa shape index (κ1) is 15.5. The average Bonchev–Trinajstić information content (AvgIpc) is 2.85. The summed E-state index contributed by atoms with van der Waals surface area (Å²) in [7, 11) is 1.48. The van der Waals surface area contributed by atoms with E-state index < -0.39 is 0 Å². The van der Waals surface area contributed by atoms with E-state index in [0.29, 0.717) is 5.75 Å². The molecule has 1 aromatic carbocycles. The third-order valence-corrected chi connectivity index (χ3v) is 4.81. The number of ether oxygens (including phenoxy) is 1. The number of halogens is 2. The Labute approximate surface area is 131 Å². The molecule has 0 spiro atoms. The van der Waals surface area contributed by atoms with Gasteiger partial charge in [-0.2, -0.15) is 0 Å². The number of methoxy groups -OCH3 is 1. The van der Waals surface area contributed by atoms with Gasteiger partial charge in [-0.05, 0) is 59.1 Å². The minimum absolute atomic E-state index is 0.160. The summed E-state index contributed by atoms with van der Waals surface area (Å²) in [6.45, 7) is 2.95. The van der Waals surface area contributed by atoms with E-state index in [1.807, 2.05) is 0 Å². The van der Waals surface area contributed by atoms with Crippen molar-refractivity contribution >= 4 is 27.3 Å². The largest absolute Gasteiger partial charge is 0.494 e. The molecule has 0 saturated heterocycles. The van der Waals surface area contributed by atoms with Crippen molar-refractivity contribution in [3.8, 4) is 5.75 Å². The van der Waals surface area contributed by atoms with Crippen LogP contribution in [0.3, 0.4) is 0 Å². The Morgan fingerprint density at radius 1 is 1.35 bits per heavy atom. The second-order valence-electron chi connectivity index (χ2n) is 4.53. The first-order valence-corrected chi connectivity index (χ1v) is 8.02. The molecule has 5 heteroatoms. The van der Waals surface area contributed by atoms with Crippen molar-refractivity contribution in [1.82, 2.24) is 5.32 Å². The van der Waals surface area contributed by atoms with Gasteiger partial charge >= 0.3 is 0 Å². The molecule has 0 bridgehead atoms. The summed E-state index contributed by atoms with van der Waals surface area (Å²) in [5.41, 5.74) is 1.02. The number of thiophene rings is 1. The van der Waals surface area contributed by atoms with Crippen LogP contribution in [0.5, 0.6) is 5.75 Å². The first-order chi connectivity index (χ1) is 9.60. The van der Waals surface area contributed by atoms with E-state index in [2.05, 4.69) is 40.3 Å². The highest BCUT2D eigenvalue weighted by molar-refractivity contribution is 9.11. The molecule has 0 aliphatic carbocycles. The molecule has 2 nitrogen and oxygen atoms in total. The fourth-order valence-corrected chi connectivity index (χ4v) is 3.44. The Balaban J connectivity index is 1.89. The van der Waals surface area contributed by atoms with Gasteiger partial charge in [-0.3, -0.25) is 0 Å². The molecule has 1 aromatic heterocycles. The van der Waals surface area contributed by atoms with Crippen LogP contribution in [0.15, 0.2) is 34.1 Å². The van der Waals surface area contributed by atoms with Crippen molar-refractivity contribution in [2.75, 3.05) is 13.7 Å². The maximum absolute atomic E-state index is 13.4. The molecular formula is C15H17BrFNOS. The lowest BCUT2D eigenvalue weighted by atomic mass is 10.1. The van der Waals surface area contributed by atoms with Gasteiger partial charge < -0.3 is 10.1 Å². The molecule has 1 heterocycles. The summed E-state index contributed by atoms with van der Waals surface area (Å²) in [5, 5.41) is 3.44. The molecule has 0 fully saturated rings. The zero-order valence-corrected chi connectivity index (χ0v) is 13.9. The Morgan fingerprint density at radius 3 is 2.80 bits per heavy atom. The zero-order valence-electron chi connectivity index (χ0n) is 11.5. The van der Waals surface area contributed by atoms with Crippen molar-refractivity contribution in [2.24, 2.45) is 0 Å².